The topological polar surface area (TPSA) is 56.7 Å². The maximum absolute atomic E-state index is 5.86. The van der Waals surface area contributed by atoms with Gasteiger partial charge in [-0.15, -0.1) is 5.10 Å². The minimum atomic E-state index is 0.496. The highest BCUT2D eigenvalue weighted by atomic mass is 79.9. The highest BCUT2D eigenvalue weighted by Crippen LogP contribution is 2.22. The zero-order valence-electron chi connectivity index (χ0n) is 8.84. The second-order valence-electron chi connectivity index (χ2n) is 3.65. The number of pyridine rings is 1. The molecule has 4 nitrogen and oxygen atoms in total. The minimum Gasteiger partial charge on any atom is -0.382 e. The van der Waals surface area contributed by atoms with Gasteiger partial charge in [0, 0.05) is 10.7 Å². The SMILES string of the molecule is Nc1nn(-c2ccc(Br)cc2)c2ncccc12. The van der Waals surface area contributed by atoms with E-state index in [4.69, 9.17) is 5.73 Å². The van der Waals surface area contributed by atoms with E-state index in [0.717, 1.165) is 21.2 Å². The van der Waals surface area contributed by atoms with Gasteiger partial charge in [0.25, 0.3) is 0 Å². The maximum Gasteiger partial charge on any atom is 0.165 e. The fraction of sp³-hybridized carbons (Fsp3) is 0. The van der Waals surface area contributed by atoms with Crippen LogP contribution in [0.15, 0.2) is 47.1 Å². The molecule has 0 atom stereocenters. The van der Waals surface area contributed by atoms with Crippen LogP contribution in [-0.2, 0) is 0 Å². The van der Waals surface area contributed by atoms with Gasteiger partial charge in [-0.25, -0.2) is 9.67 Å². The van der Waals surface area contributed by atoms with E-state index >= 15 is 0 Å². The Bertz CT molecular complexity index is 673. The Kier molecular flexibility index (Phi) is 2.33. The number of nitrogens with zero attached hydrogens (tertiary/aromatic N) is 3. The average molecular weight is 289 g/mol. The van der Waals surface area contributed by atoms with Gasteiger partial charge in [-0.1, -0.05) is 15.9 Å². The van der Waals surface area contributed by atoms with Crippen LogP contribution in [0.1, 0.15) is 0 Å². The number of anilines is 1. The molecular formula is C12H9BrN4. The lowest BCUT2D eigenvalue weighted by atomic mass is 10.3. The summed E-state index contributed by atoms with van der Waals surface area (Å²) in [4.78, 5) is 4.31. The molecule has 0 aliphatic carbocycles. The average Bonchev–Trinajstić information content (AvgIpc) is 2.69. The monoisotopic (exact) mass is 288 g/mol. The fourth-order valence-electron chi connectivity index (χ4n) is 1.74. The molecule has 0 unspecified atom stereocenters. The van der Waals surface area contributed by atoms with Crippen LogP contribution >= 0.6 is 15.9 Å². The Morgan fingerprint density at radius 3 is 2.65 bits per heavy atom. The zero-order chi connectivity index (χ0) is 11.8. The lowest BCUT2D eigenvalue weighted by Crippen LogP contribution is -1.97. The van der Waals surface area contributed by atoms with Crippen LogP contribution in [0.4, 0.5) is 5.82 Å². The number of nitrogen functional groups attached to an aromatic ring is 1. The third-order valence-electron chi connectivity index (χ3n) is 2.54. The molecule has 2 N–H and O–H groups in total. The lowest BCUT2D eigenvalue weighted by Gasteiger charge is -2.01. The van der Waals surface area contributed by atoms with Gasteiger partial charge in [-0.05, 0) is 36.4 Å². The molecule has 0 saturated heterocycles. The van der Waals surface area contributed by atoms with E-state index in [1.165, 1.54) is 0 Å². The number of hydrogen-bond acceptors (Lipinski definition) is 3. The summed E-state index contributed by atoms with van der Waals surface area (Å²) in [5, 5.41) is 5.18. The standard InChI is InChI=1S/C12H9BrN4/c13-8-3-5-9(6-4-8)17-12-10(11(14)16-17)2-1-7-15-12/h1-7H,(H2,14,16). The Morgan fingerprint density at radius 2 is 1.88 bits per heavy atom. The molecule has 0 bridgehead atoms. The molecule has 0 aliphatic heterocycles. The van der Waals surface area contributed by atoms with Crippen molar-refractivity contribution < 1.29 is 0 Å². The fourth-order valence-corrected chi connectivity index (χ4v) is 2.00. The Morgan fingerprint density at radius 1 is 1.12 bits per heavy atom. The first kappa shape index (κ1) is 10.3. The highest BCUT2D eigenvalue weighted by molar-refractivity contribution is 9.10. The van der Waals surface area contributed by atoms with Crippen molar-refractivity contribution in [2.45, 2.75) is 0 Å². The molecule has 1 aromatic carbocycles. The lowest BCUT2D eigenvalue weighted by molar-refractivity contribution is 0.902. The van der Waals surface area contributed by atoms with Crippen molar-refractivity contribution in [2.24, 2.45) is 0 Å². The van der Waals surface area contributed by atoms with E-state index < -0.39 is 0 Å². The van der Waals surface area contributed by atoms with Gasteiger partial charge in [0.15, 0.2) is 11.5 Å². The highest BCUT2D eigenvalue weighted by Gasteiger charge is 2.09. The molecule has 2 heterocycles. The molecule has 0 fully saturated rings. The number of benzene rings is 1. The second kappa shape index (κ2) is 3.85. The number of aromatic nitrogens is 3. The molecule has 0 spiro atoms. The molecule has 0 aliphatic rings. The summed E-state index contributed by atoms with van der Waals surface area (Å²) in [6.07, 6.45) is 1.73. The van der Waals surface area contributed by atoms with Gasteiger partial charge < -0.3 is 5.73 Å². The summed E-state index contributed by atoms with van der Waals surface area (Å²) >= 11 is 3.40. The summed E-state index contributed by atoms with van der Waals surface area (Å²) < 4.78 is 2.77. The van der Waals surface area contributed by atoms with Crippen LogP contribution in [0.25, 0.3) is 16.7 Å². The molecule has 2 aromatic heterocycles. The number of nitrogens with two attached hydrogens (primary N) is 1. The number of rotatable bonds is 1. The first-order valence-corrected chi connectivity index (χ1v) is 5.90. The molecule has 84 valence electrons. The summed E-state index contributed by atoms with van der Waals surface area (Å²) in [6, 6.07) is 11.6. The van der Waals surface area contributed by atoms with E-state index in [2.05, 4.69) is 26.0 Å². The molecule has 3 rings (SSSR count). The van der Waals surface area contributed by atoms with Crippen LogP contribution in [0, 0.1) is 0 Å². The molecule has 17 heavy (non-hydrogen) atoms. The van der Waals surface area contributed by atoms with Crippen LogP contribution in [0.5, 0.6) is 0 Å². The Labute approximate surface area is 106 Å². The first-order valence-electron chi connectivity index (χ1n) is 5.11. The summed E-state index contributed by atoms with van der Waals surface area (Å²) in [7, 11) is 0. The van der Waals surface area contributed by atoms with Crippen molar-refractivity contribution in [3.63, 3.8) is 0 Å². The normalized spacial score (nSPS) is 10.9. The van der Waals surface area contributed by atoms with Crippen molar-refractivity contribution in [1.82, 2.24) is 14.8 Å². The quantitative estimate of drug-likeness (QED) is 0.749. The predicted molar refractivity (Wildman–Crippen MR) is 71.0 cm³/mol. The van der Waals surface area contributed by atoms with Gasteiger partial charge in [0.1, 0.15) is 0 Å². The maximum atomic E-state index is 5.86. The van der Waals surface area contributed by atoms with E-state index in [1.807, 2.05) is 36.4 Å². The third-order valence-corrected chi connectivity index (χ3v) is 3.07. The van der Waals surface area contributed by atoms with Gasteiger partial charge in [-0.3, -0.25) is 0 Å². The van der Waals surface area contributed by atoms with Crippen molar-refractivity contribution in [3.8, 4) is 5.69 Å². The van der Waals surface area contributed by atoms with Gasteiger partial charge in [0.05, 0.1) is 11.1 Å². The Balaban J connectivity index is 2.27. The van der Waals surface area contributed by atoms with Gasteiger partial charge in [-0.2, -0.15) is 0 Å². The smallest absolute Gasteiger partial charge is 0.165 e. The zero-order valence-corrected chi connectivity index (χ0v) is 10.4. The van der Waals surface area contributed by atoms with Crippen molar-refractivity contribution in [1.29, 1.82) is 0 Å². The largest absolute Gasteiger partial charge is 0.382 e. The first-order chi connectivity index (χ1) is 8.25. The predicted octanol–water partition coefficient (Wildman–Crippen LogP) is 2.77. The van der Waals surface area contributed by atoms with Gasteiger partial charge in [0.2, 0.25) is 0 Å². The molecular weight excluding hydrogens is 280 g/mol. The second-order valence-corrected chi connectivity index (χ2v) is 4.56. The summed E-state index contributed by atoms with van der Waals surface area (Å²) in [5.74, 6) is 0.496. The Hall–Kier alpha value is -1.88. The van der Waals surface area contributed by atoms with Crippen molar-refractivity contribution in [3.05, 3.63) is 47.1 Å². The van der Waals surface area contributed by atoms with Crippen LogP contribution < -0.4 is 5.73 Å². The third kappa shape index (κ3) is 1.68. The molecule has 0 saturated carbocycles. The molecule has 5 heteroatoms. The van der Waals surface area contributed by atoms with E-state index in [0.29, 0.717) is 5.82 Å². The number of fused-ring (bicyclic) bond motifs is 1. The summed E-state index contributed by atoms with van der Waals surface area (Å²) in [6.45, 7) is 0. The van der Waals surface area contributed by atoms with Crippen molar-refractivity contribution in [2.75, 3.05) is 5.73 Å². The molecule has 3 aromatic rings. The van der Waals surface area contributed by atoms with E-state index in [1.54, 1.807) is 10.9 Å². The number of halogens is 1. The van der Waals surface area contributed by atoms with Crippen LogP contribution in [0.3, 0.4) is 0 Å². The van der Waals surface area contributed by atoms with Crippen LogP contribution in [0.2, 0.25) is 0 Å². The van der Waals surface area contributed by atoms with E-state index in [9.17, 15) is 0 Å². The molecule has 0 amide bonds. The molecule has 0 radical (unpaired) electrons. The van der Waals surface area contributed by atoms with Crippen LogP contribution in [-0.4, -0.2) is 14.8 Å². The van der Waals surface area contributed by atoms with Gasteiger partial charge >= 0.3 is 0 Å². The van der Waals surface area contributed by atoms with Crippen molar-refractivity contribution >= 4 is 32.8 Å². The minimum absolute atomic E-state index is 0.496. The van der Waals surface area contributed by atoms with E-state index in [-0.39, 0.29) is 0 Å². The number of hydrogen-bond donors (Lipinski definition) is 1. The summed E-state index contributed by atoms with van der Waals surface area (Å²) in [5.41, 5.74) is 7.57.